The number of aliphatic hydroxyl groups is 1. The molecule has 0 amide bonds. The zero-order valence-corrected chi connectivity index (χ0v) is 7.90. The smallest absolute Gasteiger partial charge is 0.161 e. The van der Waals surface area contributed by atoms with Crippen LogP contribution in [-0.4, -0.2) is 31.7 Å². The lowest BCUT2D eigenvalue weighted by atomic mass is 10.2. The van der Waals surface area contributed by atoms with E-state index < -0.39 is 0 Å². The van der Waals surface area contributed by atoms with Crippen molar-refractivity contribution in [2.45, 2.75) is 0 Å². The van der Waals surface area contributed by atoms with Crippen LogP contribution in [0.5, 0.6) is 11.5 Å². The number of ether oxygens (including phenoxy) is 2. The van der Waals surface area contributed by atoms with E-state index in [1.54, 1.807) is 18.2 Å². The lowest BCUT2D eigenvalue weighted by molar-refractivity contribution is 0.112. The molecule has 0 aliphatic heterocycles. The van der Waals surface area contributed by atoms with Crippen LogP contribution in [0.25, 0.3) is 0 Å². The van der Waals surface area contributed by atoms with Crippen LogP contribution in [0.2, 0.25) is 0 Å². The number of benzene rings is 1. The van der Waals surface area contributed by atoms with Crippen LogP contribution >= 0.6 is 0 Å². The van der Waals surface area contributed by atoms with Gasteiger partial charge in [-0.2, -0.15) is 0 Å². The van der Waals surface area contributed by atoms with Crippen molar-refractivity contribution in [3.63, 3.8) is 0 Å². The summed E-state index contributed by atoms with van der Waals surface area (Å²) in [5.74, 6) is 1.01. The average Bonchev–Trinajstić information content (AvgIpc) is 2.25. The van der Waals surface area contributed by atoms with E-state index in [0.717, 1.165) is 6.29 Å². The van der Waals surface area contributed by atoms with Crippen molar-refractivity contribution in [3.05, 3.63) is 23.8 Å². The molecule has 0 fully saturated rings. The van der Waals surface area contributed by atoms with Gasteiger partial charge in [0.1, 0.15) is 12.9 Å². The molecule has 0 aliphatic carbocycles. The Hall–Kier alpha value is -1.55. The normalized spacial score (nSPS) is 9.57. The molecule has 0 saturated heterocycles. The van der Waals surface area contributed by atoms with E-state index in [1.807, 2.05) is 0 Å². The van der Waals surface area contributed by atoms with E-state index in [-0.39, 0.29) is 13.2 Å². The minimum atomic E-state index is -0.0749. The maximum Gasteiger partial charge on any atom is 0.161 e. The predicted molar refractivity (Wildman–Crippen MR) is 51.0 cm³/mol. The fourth-order valence-electron chi connectivity index (χ4n) is 1.03. The number of carbonyl (C=O) groups is 1. The van der Waals surface area contributed by atoms with Gasteiger partial charge in [-0.05, 0) is 18.2 Å². The second kappa shape index (κ2) is 5.24. The van der Waals surface area contributed by atoms with E-state index in [4.69, 9.17) is 14.6 Å². The highest BCUT2D eigenvalue weighted by Gasteiger charge is 2.04. The Kier molecular flexibility index (Phi) is 3.94. The van der Waals surface area contributed by atoms with Gasteiger partial charge in [-0.25, -0.2) is 0 Å². The molecule has 0 unspecified atom stereocenters. The second-order valence-electron chi connectivity index (χ2n) is 2.60. The van der Waals surface area contributed by atoms with Crippen LogP contribution in [0.15, 0.2) is 18.2 Å². The maximum absolute atomic E-state index is 10.5. The van der Waals surface area contributed by atoms with Gasteiger partial charge in [-0.15, -0.1) is 0 Å². The van der Waals surface area contributed by atoms with Gasteiger partial charge in [0, 0.05) is 5.56 Å². The van der Waals surface area contributed by atoms with Crippen molar-refractivity contribution in [2.24, 2.45) is 0 Å². The maximum atomic E-state index is 10.5. The van der Waals surface area contributed by atoms with E-state index in [2.05, 4.69) is 0 Å². The quantitative estimate of drug-likeness (QED) is 0.710. The molecule has 14 heavy (non-hydrogen) atoms. The Labute approximate surface area is 82.1 Å². The molecule has 0 aliphatic rings. The molecule has 0 saturated carbocycles. The molecule has 1 aromatic carbocycles. The fourth-order valence-corrected chi connectivity index (χ4v) is 1.03. The van der Waals surface area contributed by atoms with Gasteiger partial charge in [0.2, 0.25) is 0 Å². The molecule has 76 valence electrons. The summed E-state index contributed by atoms with van der Waals surface area (Å²) in [5, 5.41) is 8.58. The Bertz CT molecular complexity index is 309. The van der Waals surface area contributed by atoms with Gasteiger partial charge in [0.15, 0.2) is 11.5 Å². The highest BCUT2D eigenvalue weighted by molar-refractivity contribution is 5.76. The minimum Gasteiger partial charge on any atom is -0.493 e. The van der Waals surface area contributed by atoms with Crippen molar-refractivity contribution in [2.75, 3.05) is 20.3 Å². The number of aldehydes is 1. The SMILES string of the molecule is COc1ccc(C=O)cc1OCCO. The van der Waals surface area contributed by atoms with Crippen LogP contribution in [-0.2, 0) is 0 Å². The third-order valence-electron chi connectivity index (χ3n) is 1.67. The largest absolute Gasteiger partial charge is 0.493 e. The highest BCUT2D eigenvalue weighted by Crippen LogP contribution is 2.27. The summed E-state index contributed by atoms with van der Waals surface area (Å²) in [4.78, 5) is 10.5. The Morgan fingerprint density at radius 3 is 2.79 bits per heavy atom. The van der Waals surface area contributed by atoms with Gasteiger partial charge in [-0.3, -0.25) is 4.79 Å². The van der Waals surface area contributed by atoms with E-state index >= 15 is 0 Å². The molecule has 1 N–H and O–H groups in total. The third-order valence-corrected chi connectivity index (χ3v) is 1.67. The topological polar surface area (TPSA) is 55.8 Å². The first kappa shape index (κ1) is 10.5. The summed E-state index contributed by atoms with van der Waals surface area (Å²) in [6.45, 7) is 0.104. The van der Waals surface area contributed by atoms with Crippen molar-refractivity contribution in [3.8, 4) is 11.5 Å². The van der Waals surface area contributed by atoms with Gasteiger partial charge < -0.3 is 14.6 Å². The Balaban J connectivity index is 2.89. The Morgan fingerprint density at radius 2 is 2.21 bits per heavy atom. The lowest BCUT2D eigenvalue weighted by Gasteiger charge is -2.09. The molecule has 0 bridgehead atoms. The first-order valence-corrected chi connectivity index (χ1v) is 4.18. The average molecular weight is 196 g/mol. The number of aliphatic hydroxyl groups excluding tert-OH is 1. The molecule has 0 spiro atoms. The predicted octanol–water partition coefficient (Wildman–Crippen LogP) is 0.879. The van der Waals surface area contributed by atoms with Gasteiger partial charge in [-0.1, -0.05) is 0 Å². The summed E-state index contributed by atoms with van der Waals surface area (Å²) in [6, 6.07) is 4.86. The summed E-state index contributed by atoms with van der Waals surface area (Å²) in [6.07, 6.45) is 0.727. The monoisotopic (exact) mass is 196 g/mol. The molecular formula is C10H12O4. The van der Waals surface area contributed by atoms with Crippen LogP contribution in [0.4, 0.5) is 0 Å². The first-order chi connectivity index (χ1) is 6.81. The molecule has 0 radical (unpaired) electrons. The van der Waals surface area contributed by atoms with E-state index in [1.165, 1.54) is 7.11 Å². The zero-order chi connectivity index (χ0) is 10.4. The van der Waals surface area contributed by atoms with Gasteiger partial charge in [0.25, 0.3) is 0 Å². The molecule has 1 rings (SSSR count). The number of rotatable bonds is 5. The molecule has 0 atom stereocenters. The van der Waals surface area contributed by atoms with E-state index in [0.29, 0.717) is 17.1 Å². The standard InChI is InChI=1S/C10H12O4/c1-13-9-3-2-8(7-12)6-10(9)14-5-4-11/h2-3,6-7,11H,4-5H2,1H3. The Morgan fingerprint density at radius 1 is 1.43 bits per heavy atom. The number of hydrogen-bond donors (Lipinski definition) is 1. The number of hydrogen-bond acceptors (Lipinski definition) is 4. The van der Waals surface area contributed by atoms with Crippen LogP contribution in [0.3, 0.4) is 0 Å². The highest BCUT2D eigenvalue weighted by atomic mass is 16.5. The summed E-state index contributed by atoms with van der Waals surface area (Å²) < 4.78 is 10.2. The summed E-state index contributed by atoms with van der Waals surface area (Å²) in [7, 11) is 1.52. The summed E-state index contributed by atoms with van der Waals surface area (Å²) in [5.41, 5.74) is 0.513. The van der Waals surface area contributed by atoms with Crippen molar-refractivity contribution < 1.29 is 19.4 Å². The molecule has 0 aromatic heterocycles. The number of methoxy groups -OCH3 is 1. The zero-order valence-electron chi connectivity index (χ0n) is 7.90. The fraction of sp³-hybridized carbons (Fsp3) is 0.300. The summed E-state index contributed by atoms with van der Waals surface area (Å²) >= 11 is 0. The van der Waals surface area contributed by atoms with Crippen molar-refractivity contribution in [1.29, 1.82) is 0 Å². The molecular weight excluding hydrogens is 184 g/mol. The molecule has 1 aromatic rings. The molecule has 4 heteroatoms. The third kappa shape index (κ3) is 2.47. The first-order valence-electron chi connectivity index (χ1n) is 4.18. The van der Waals surface area contributed by atoms with E-state index in [9.17, 15) is 4.79 Å². The van der Waals surface area contributed by atoms with Gasteiger partial charge >= 0.3 is 0 Å². The van der Waals surface area contributed by atoms with Crippen LogP contribution in [0, 0.1) is 0 Å². The van der Waals surface area contributed by atoms with Gasteiger partial charge in [0.05, 0.1) is 13.7 Å². The molecule has 0 heterocycles. The second-order valence-corrected chi connectivity index (χ2v) is 2.60. The van der Waals surface area contributed by atoms with Crippen molar-refractivity contribution in [1.82, 2.24) is 0 Å². The lowest BCUT2D eigenvalue weighted by Crippen LogP contribution is -2.03. The molecule has 4 nitrogen and oxygen atoms in total. The van der Waals surface area contributed by atoms with Crippen molar-refractivity contribution >= 4 is 6.29 Å². The van der Waals surface area contributed by atoms with Crippen LogP contribution < -0.4 is 9.47 Å². The minimum absolute atomic E-state index is 0.0749. The number of carbonyl (C=O) groups excluding carboxylic acids is 1. The van der Waals surface area contributed by atoms with Crippen LogP contribution in [0.1, 0.15) is 10.4 Å².